The van der Waals surface area contributed by atoms with Gasteiger partial charge in [0, 0.05) is 80.8 Å². The van der Waals surface area contributed by atoms with Gasteiger partial charge < -0.3 is 34.7 Å². The second kappa shape index (κ2) is 18.2. The number of urea groups is 2. The van der Waals surface area contributed by atoms with Crippen molar-refractivity contribution in [2.24, 2.45) is 5.41 Å². The van der Waals surface area contributed by atoms with E-state index in [9.17, 15) is 14.7 Å². The SMILES string of the molecule is CN1C(=O)N(c2ccccc2Cl)Cc2cnc(NC3CCC4(CC3)OCC(C)(CO)CO4)nc21.CN1C(=O)N(c2ccccc2Cl)Cc2cnc(NC3CCC4(CC3)OCCO4)nc21. The highest BCUT2D eigenvalue weighted by Gasteiger charge is 2.45. The van der Waals surface area contributed by atoms with Gasteiger partial charge in [0.05, 0.1) is 67.5 Å². The number of para-hydroxylation sites is 2. The number of carbonyl (C=O) groups excluding carboxylic acids is 2. The van der Waals surface area contributed by atoms with Crippen molar-refractivity contribution < 1.29 is 33.6 Å². The lowest BCUT2D eigenvalue weighted by atomic mass is 9.86. The van der Waals surface area contributed by atoms with Crippen molar-refractivity contribution in [1.82, 2.24) is 19.9 Å². The van der Waals surface area contributed by atoms with Gasteiger partial charge in [-0.15, -0.1) is 0 Å². The van der Waals surface area contributed by atoms with Crippen molar-refractivity contribution in [2.75, 3.05) is 77.4 Å². The molecule has 0 atom stereocenters. The van der Waals surface area contributed by atoms with Crippen molar-refractivity contribution in [3.8, 4) is 0 Å². The number of aromatic nitrogens is 4. The lowest BCUT2D eigenvalue weighted by Gasteiger charge is -2.47. The zero-order valence-electron chi connectivity index (χ0n) is 36.3. The first-order valence-corrected chi connectivity index (χ1v) is 22.6. The molecule has 0 unspecified atom stereocenters. The molecule has 4 aliphatic heterocycles. The van der Waals surface area contributed by atoms with Crippen LogP contribution in [0.5, 0.6) is 0 Å². The van der Waals surface area contributed by atoms with Crippen molar-refractivity contribution >= 4 is 70.2 Å². The molecule has 2 aromatic heterocycles. The number of hydrogen-bond acceptors (Lipinski definition) is 13. The Morgan fingerprint density at radius 1 is 0.672 bits per heavy atom. The molecule has 4 aromatic rings. The topological polar surface area (TPSA) is 180 Å². The number of nitrogens with one attached hydrogen (secondary N) is 2. The average Bonchev–Trinajstić information content (AvgIpc) is 3.77. The number of amides is 4. The van der Waals surface area contributed by atoms with Crippen LogP contribution in [0.15, 0.2) is 60.9 Å². The molecule has 4 fully saturated rings. The van der Waals surface area contributed by atoms with Gasteiger partial charge in [-0.05, 0) is 49.9 Å². The minimum absolute atomic E-state index is 0.0516. The van der Waals surface area contributed by atoms with Crippen LogP contribution >= 0.6 is 23.2 Å². The van der Waals surface area contributed by atoms with Gasteiger partial charge >= 0.3 is 12.1 Å². The predicted octanol–water partition coefficient (Wildman–Crippen LogP) is 7.61. The molecule has 0 bridgehead atoms. The molecular weight excluding hydrogens is 863 g/mol. The van der Waals surface area contributed by atoms with E-state index in [-0.39, 0.29) is 42.0 Å². The molecule has 2 aliphatic carbocycles. The van der Waals surface area contributed by atoms with E-state index < -0.39 is 5.79 Å². The Bertz CT molecular complexity index is 2340. The summed E-state index contributed by atoms with van der Waals surface area (Å²) < 4.78 is 23.7. The molecule has 10 rings (SSSR count). The molecule has 6 aliphatic rings. The number of ether oxygens (including phenoxy) is 4. The van der Waals surface area contributed by atoms with Gasteiger partial charge in [-0.2, -0.15) is 9.97 Å². The summed E-state index contributed by atoms with van der Waals surface area (Å²) >= 11 is 12.6. The molecule has 19 heteroatoms. The average molecular weight is 918 g/mol. The van der Waals surface area contributed by atoms with Crippen LogP contribution in [0.4, 0.5) is 44.5 Å². The quantitative estimate of drug-likeness (QED) is 0.165. The first-order valence-electron chi connectivity index (χ1n) is 21.9. The number of rotatable bonds is 7. The number of carbonyl (C=O) groups is 2. The maximum Gasteiger partial charge on any atom is 0.330 e. The zero-order valence-corrected chi connectivity index (χ0v) is 37.8. The number of benzene rings is 2. The highest BCUT2D eigenvalue weighted by atomic mass is 35.5. The fraction of sp³-hybridized carbons (Fsp3) is 0.511. The highest BCUT2D eigenvalue weighted by Crippen LogP contribution is 2.41. The van der Waals surface area contributed by atoms with Gasteiger partial charge in [-0.25, -0.2) is 19.6 Å². The number of hydrogen-bond donors (Lipinski definition) is 3. The molecule has 6 heterocycles. The van der Waals surface area contributed by atoms with E-state index in [1.54, 1.807) is 53.3 Å². The van der Waals surface area contributed by atoms with Gasteiger partial charge in [-0.3, -0.25) is 19.6 Å². The summed E-state index contributed by atoms with van der Waals surface area (Å²) in [6.07, 6.45) is 10.4. The molecule has 4 amide bonds. The minimum Gasteiger partial charge on any atom is -0.396 e. The molecule has 2 saturated carbocycles. The van der Waals surface area contributed by atoms with Crippen LogP contribution in [-0.2, 0) is 32.0 Å². The van der Waals surface area contributed by atoms with Crippen LogP contribution in [-0.4, -0.2) is 108 Å². The molecule has 3 N–H and O–H groups in total. The van der Waals surface area contributed by atoms with Crippen molar-refractivity contribution in [3.05, 3.63) is 82.1 Å². The Morgan fingerprint density at radius 2 is 1.08 bits per heavy atom. The van der Waals surface area contributed by atoms with Gasteiger partial charge in [0.1, 0.15) is 11.6 Å². The molecular formula is C45H54Cl2N10O7. The number of aliphatic hydroxyl groups is 1. The number of anilines is 6. The molecule has 0 radical (unpaired) electrons. The van der Waals surface area contributed by atoms with Gasteiger partial charge in [0.25, 0.3) is 0 Å². The summed E-state index contributed by atoms with van der Waals surface area (Å²) in [5, 5.41) is 17.4. The molecule has 17 nitrogen and oxygen atoms in total. The fourth-order valence-corrected chi connectivity index (χ4v) is 9.58. The van der Waals surface area contributed by atoms with Crippen molar-refractivity contribution in [1.29, 1.82) is 0 Å². The number of nitrogens with zero attached hydrogens (tertiary/aromatic N) is 8. The van der Waals surface area contributed by atoms with Crippen LogP contribution in [0.2, 0.25) is 10.0 Å². The standard InChI is InChI=1S/C24H30ClN5O4.C21H24ClN5O3/c1-23(13-31)14-33-24(34-15-23)9-7-17(8-10-24)27-21-26-11-16-12-30(19-6-4-3-5-18(19)25)22(32)29(2)20(16)28-21;1-26-18-14(13-27(20(26)28)17-5-3-2-4-16(17)22)12-23-19(25-18)24-15-6-8-21(9-7-15)29-10-11-30-21/h3-6,11,17,31H,7-10,12-15H2,1-2H3,(H,26,27,28);2-5,12,15H,6-11,13H2,1H3,(H,23,24,25). The highest BCUT2D eigenvalue weighted by molar-refractivity contribution is 6.34. The monoisotopic (exact) mass is 916 g/mol. The Hall–Kier alpha value is -4.88. The third-order valence-electron chi connectivity index (χ3n) is 13.0. The number of fused-ring (bicyclic) bond motifs is 2. The zero-order chi connectivity index (χ0) is 44.6. The first-order chi connectivity index (χ1) is 30.9. The van der Waals surface area contributed by atoms with E-state index in [0.29, 0.717) is 84.5 Å². The summed E-state index contributed by atoms with van der Waals surface area (Å²) in [5.41, 5.74) is 2.74. The normalized spacial score (nSPS) is 25.5. The van der Waals surface area contributed by atoms with E-state index >= 15 is 0 Å². The molecule has 2 aromatic carbocycles. The molecule has 2 spiro atoms. The van der Waals surface area contributed by atoms with Crippen LogP contribution in [0, 0.1) is 5.41 Å². The smallest absolute Gasteiger partial charge is 0.330 e. The second-order valence-electron chi connectivity index (χ2n) is 17.7. The maximum atomic E-state index is 13.1. The Kier molecular flexibility index (Phi) is 12.6. The van der Waals surface area contributed by atoms with E-state index in [1.165, 1.54) is 4.90 Å². The van der Waals surface area contributed by atoms with E-state index in [2.05, 4.69) is 30.6 Å². The van der Waals surface area contributed by atoms with Crippen LogP contribution in [0.3, 0.4) is 0 Å². The van der Waals surface area contributed by atoms with Crippen LogP contribution in [0.1, 0.15) is 69.4 Å². The maximum absolute atomic E-state index is 13.1. The third kappa shape index (κ3) is 9.03. The largest absolute Gasteiger partial charge is 0.396 e. The lowest BCUT2D eigenvalue weighted by Crippen LogP contribution is -2.52. The van der Waals surface area contributed by atoms with Crippen LogP contribution < -0.4 is 30.2 Å². The summed E-state index contributed by atoms with van der Waals surface area (Å²) in [4.78, 5) is 50.7. The second-order valence-corrected chi connectivity index (χ2v) is 18.6. The Morgan fingerprint density at radius 3 is 1.48 bits per heavy atom. The van der Waals surface area contributed by atoms with E-state index in [0.717, 1.165) is 62.5 Å². The predicted molar refractivity (Wildman–Crippen MR) is 243 cm³/mol. The third-order valence-corrected chi connectivity index (χ3v) is 13.7. The summed E-state index contributed by atoms with van der Waals surface area (Å²) in [6, 6.07) is 14.7. The summed E-state index contributed by atoms with van der Waals surface area (Å²) in [5.74, 6) is 1.32. The van der Waals surface area contributed by atoms with Crippen molar-refractivity contribution in [3.63, 3.8) is 0 Å². The number of aliphatic hydroxyl groups excluding tert-OH is 1. The first kappa shape index (κ1) is 44.3. The fourth-order valence-electron chi connectivity index (χ4n) is 9.11. The lowest BCUT2D eigenvalue weighted by molar-refractivity contribution is -0.316. The van der Waals surface area contributed by atoms with Gasteiger partial charge in [-0.1, -0.05) is 54.4 Å². The van der Waals surface area contributed by atoms with Crippen LogP contribution in [0.25, 0.3) is 0 Å². The molecule has 340 valence electrons. The van der Waals surface area contributed by atoms with Crippen molar-refractivity contribution in [2.45, 2.75) is 95.0 Å². The summed E-state index contributed by atoms with van der Waals surface area (Å²) in [6.45, 7) is 5.11. The minimum atomic E-state index is -0.557. The molecule has 2 saturated heterocycles. The summed E-state index contributed by atoms with van der Waals surface area (Å²) in [7, 11) is 3.43. The van der Waals surface area contributed by atoms with Gasteiger partial charge in [0.15, 0.2) is 11.6 Å². The van der Waals surface area contributed by atoms with E-state index in [1.807, 2.05) is 43.3 Å². The Balaban J connectivity index is 0.000000163. The van der Waals surface area contributed by atoms with Gasteiger partial charge in [0.2, 0.25) is 11.9 Å². The molecule has 64 heavy (non-hydrogen) atoms. The van der Waals surface area contributed by atoms with E-state index in [4.69, 9.17) is 42.1 Å². The number of halogens is 2. The Labute approximate surface area is 382 Å².